The maximum Gasteiger partial charge on any atom is 0.251 e. The van der Waals surface area contributed by atoms with E-state index in [1.165, 1.54) is 12.0 Å². The van der Waals surface area contributed by atoms with Crippen molar-refractivity contribution in [2.75, 3.05) is 6.54 Å². The number of aryl methyl sites for hydroxylation is 2. The average Bonchev–Trinajstić information content (AvgIpc) is 2.72. The average molecular weight is 266 g/mol. The van der Waals surface area contributed by atoms with Gasteiger partial charge in [-0.2, -0.15) is 0 Å². The van der Waals surface area contributed by atoms with Crippen molar-refractivity contribution in [2.45, 2.75) is 38.5 Å². The van der Waals surface area contributed by atoms with Gasteiger partial charge in [0.25, 0.3) is 5.91 Å². The van der Waals surface area contributed by atoms with Crippen LogP contribution in [0, 0.1) is 19.8 Å². The monoisotopic (exact) mass is 265 g/mol. The molecule has 1 aliphatic rings. The number of hydrogen-bond acceptors (Lipinski definition) is 1. The Bertz CT molecular complexity index is 444. The molecule has 1 N–H and O–H groups in total. The molecule has 3 heteroatoms. The van der Waals surface area contributed by atoms with Crippen molar-refractivity contribution < 1.29 is 4.79 Å². The van der Waals surface area contributed by atoms with E-state index in [-0.39, 0.29) is 11.3 Å². The number of alkyl halides is 1. The minimum Gasteiger partial charge on any atom is -0.352 e. The molecule has 0 bridgehead atoms. The lowest BCUT2D eigenvalue weighted by Crippen LogP contribution is -2.31. The topological polar surface area (TPSA) is 29.1 Å². The summed E-state index contributed by atoms with van der Waals surface area (Å²) in [6, 6.07) is 5.91. The predicted octanol–water partition coefficient (Wildman–Crippen LogP) is 3.44. The van der Waals surface area contributed by atoms with Crippen LogP contribution >= 0.6 is 11.6 Å². The smallest absolute Gasteiger partial charge is 0.251 e. The maximum atomic E-state index is 12.1. The highest BCUT2D eigenvalue weighted by Gasteiger charge is 2.25. The predicted molar refractivity (Wildman–Crippen MR) is 75.2 cm³/mol. The van der Waals surface area contributed by atoms with E-state index >= 15 is 0 Å². The SMILES string of the molecule is Cc1ccc(C(=O)NCC2CCCC2Cl)c(C)c1. The molecule has 2 nitrogen and oxygen atoms in total. The first kappa shape index (κ1) is 13.4. The summed E-state index contributed by atoms with van der Waals surface area (Å²) in [7, 11) is 0. The van der Waals surface area contributed by atoms with E-state index in [1.807, 2.05) is 32.0 Å². The number of halogens is 1. The Morgan fingerprint density at radius 2 is 2.17 bits per heavy atom. The van der Waals surface area contributed by atoms with Gasteiger partial charge in [-0.25, -0.2) is 0 Å². The number of benzene rings is 1. The molecule has 2 atom stereocenters. The largest absolute Gasteiger partial charge is 0.352 e. The number of amides is 1. The van der Waals surface area contributed by atoms with Crippen LogP contribution in [0.4, 0.5) is 0 Å². The number of carbonyl (C=O) groups is 1. The Labute approximate surface area is 114 Å². The van der Waals surface area contributed by atoms with E-state index in [4.69, 9.17) is 11.6 Å². The third-order valence-corrected chi connectivity index (χ3v) is 4.29. The van der Waals surface area contributed by atoms with E-state index < -0.39 is 0 Å². The first-order valence-electron chi connectivity index (χ1n) is 6.57. The Hall–Kier alpha value is -1.02. The van der Waals surface area contributed by atoms with E-state index in [0.29, 0.717) is 12.5 Å². The summed E-state index contributed by atoms with van der Waals surface area (Å²) in [6.07, 6.45) is 3.38. The molecule has 1 fully saturated rings. The van der Waals surface area contributed by atoms with Gasteiger partial charge in [0.15, 0.2) is 0 Å². The summed E-state index contributed by atoms with van der Waals surface area (Å²) in [6.45, 7) is 4.70. The van der Waals surface area contributed by atoms with Crippen molar-refractivity contribution in [1.29, 1.82) is 0 Å². The van der Waals surface area contributed by atoms with Crippen LogP contribution in [0.15, 0.2) is 18.2 Å². The first-order chi connectivity index (χ1) is 8.58. The molecule has 2 rings (SSSR count). The van der Waals surface area contributed by atoms with Crippen LogP contribution in [-0.2, 0) is 0 Å². The van der Waals surface area contributed by atoms with Crippen LogP contribution in [0.1, 0.15) is 40.7 Å². The van der Waals surface area contributed by atoms with Crippen molar-refractivity contribution in [3.8, 4) is 0 Å². The molecule has 1 aliphatic carbocycles. The lowest BCUT2D eigenvalue weighted by molar-refractivity contribution is 0.0947. The third kappa shape index (κ3) is 3.05. The zero-order valence-corrected chi connectivity index (χ0v) is 11.8. The standard InChI is InChI=1S/C15H20ClNO/c1-10-6-7-13(11(2)8-10)15(18)17-9-12-4-3-5-14(12)16/h6-8,12,14H,3-5,9H2,1-2H3,(H,17,18). The van der Waals surface area contributed by atoms with E-state index in [1.54, 1.807) is 0 Å². The second kappa shape index (κ2) is 5.75. The Morgan fingerprint density at radius 3 is 2.78 bits per heavy atom. The summed E-state index contributed by atoms with van der Waals surface area (Å²) >= 11 is 6.21. The molecule has 1 saturated carbocycles. The van der Waals surface area contributed by atoms with Gasteiger partial charge < -0.3 is 5.32 Å². The van der Waals surface area contributed by atoms with Crippen molar-refractivity contribution in [1.82, 2.24) is 5.32 Å². The van der Waals surface area contributed by atoms with Gasteiger partial charge in [-0.15, -0.1) is 11.6 Å². The molecular formula is C15H20ClNO. The van der Waals surface area contributed by atoms with Crippen LogP contribution < -0.4 is 5.32 Å². The van der Waals surface area contributed by atoms with Crippen molar-refractivity contribution in [2.24, 2.45) is 5.92 Å². The summed E-state index contributed by atoms with van der Waals surface area (Å²) in [5.41, 5.74) is 2.98. The Kier molecular flexibility index (Phi) is 4.28. The Balaban J connectivity index is 1.95. The second-order valence-corrected chi connectivity index (χ2v) is 5.80. The van der Waals surface area contributed by atoms with Crippen molar-refractivity contribution in [3.05, 3.63) is 34.9 Å². The highest BCUT2D eigenvalue weighted by molar-refractivity contribution is 6.21. The molecular weight excluding hydrogens is 246 g/mol. The lowest BCUT2D eigenvalue weighted by atomic mass is 10.0. The van der Waals surface area contributed by atoms with Gasteiger partial charge in [-0.1, -0.05) is 24.1 Å². The van der Waals surface area contributed by atoms with Crippen LogP contribution in [0.2, 0.25) is 0 Å². The quantitative estimate of drug-likeness (QED) is 0.834. The highest BCUT2D eigenvalue weighted by atomic mass is 35.5. The van der Waals surface area contributed by atoms with Gasteiger partial charge in [0.2, 0.25) is 0 Å². The first-order valence-corrected chi connectivity index (χ1v) is 7.01. The molecule has 0 saturated heterocycles. The zero-order valence-electron chi connectivity index (χ0n) is 11.0. The van der Waals surface area contributed by atoms with Crippen LogP contribution in [0.3, 0.4) is 0 Å². The van der Waals surface area contributed by atoms with Gasteiger partial charge in [0, 0.05) is 17.5 Å². The summed E-state index contributed by atoms with van der Waals surface area (Å²) < 4.78 is 0. The van der Waals surface area contributed by atoms with Crippen LogP contribution in [-0.4, -0.2) is 17.8 Å². The highest BCUT2D eigenvalue weighted by Crippen LogP contribution is 2.29. The van der Waals surface area contributed by atoms with E-state index in [0.717, 1.165) is 24.0 Å². The van der Waals surface area contributed by atoms with Gasteiger partial charge in [0.05, 0.1) is 0 Å². The van der Waals surface area contributed by atoms with Gasteiger partial charge in [0.1, 0.15) is 0 Å². The molecule has 98 valence electrons. The normalized spacial score (nSPS) is 23.1. The summed E-state index contributed by atoms with van der Waals surface area (Å²) in [5, 5.41) is 3.23. The second-order valence-electron chi connectivity index (χ2n) is 5.24. The lowest BCUT2D eigenvalue weighted by Gasteiger charge is -2.15. The molecule has 0 heterocycles. The molecule has 18 heavy (non-hydrogen) atoms. The van der Waals surface area contributed by atoms with Crippen molar-refractivity contribution in [3.63, 3.8) is 0 Å². The maximum absolute atomic E-state index is 12.1. The Morgan fingerprint density at radius 1 is 1.39 bits per heavy atom. The summed E-state index contributed by atoms with van der Waals surface area (Å²) in [5.74, 6) is 0.449. The molecule has 0 spiro atoms. The van der Waals surface area contributed by atoms with Gasteiger partial charge >= 0.3 is 0 Å². The number of rotatable bonds is 3. The zero-order chi connectivity index (χ0) is 13.1. The fourth-order valence-electron chi connectivity index (χ4n) is 2.61. The van der Waals surface area contributed by atoms with Crippen molar-refractivity contribution >= 4 is 17.5 Å². The minimum atomic E-state index is 0.0169. The number of hydrogen-bond donors (Lipinski definition) is 1. The van der Waals surface area contributed by atoms with Crippen LogP contribution in [0.25, 0.3) is 0 Å². The summed E-state index contributed by atoms with van der Waals surface area (Å²) in [4.78, 5) is 12.1. The molecule has 2 unspecified atom stereocenters. The fourth-order valence-corrected chi connectivity index (χ4v) is 2.98. The van der Waals surface area contributed by atoms with E-state index in [2.05, 4.69) is 5.32 Å². The molecule has 1 aromatic carbocycles. The van der Waals surface area contributed by atoms with Gasteiger partial charge in [-0.3, -0.25) is 4.79 Å². The third-order valence-electron chi connectivity index (χ3n) is 3.72. The fraction of sp³-hybridized carbons (Fsp3) is 0.533. The molecule has 1 amide bonds. The number of carbonyl (C=O) groups excluding carboxylic acids is 1. The number of nitrogens with one attached hydrogen (secondary N) is 1. The molecule has 0 aliphatic heterocycles. The molecule has 0 aromatic heterocycles. The minimum absolute atomic E-state index is 0.0169. The van der Waals surface area contributed by atoms with Gasteiger partial charge in [-0.05, 0) is 44.2 Å². The molecule has 1 aromatic rings. The molecule has 0 radical (unpaired) electrons. The van der Waals surface area contributed by atoms with E-state index in [9.17, 15) is 4.79 Å². The van der Waals surface area contributed by atoms with Crippen LogP contribution in [0.5, 0.6) is 0 Å².